The van der Waals surface area contributed by atoms with E-state index >= 15 is 0 Å². The van der Waals surface area contributed by atoms with Crippen molar-refractivity contribution in [1.82, 2.24) is 9.38 Å². The number of carbonyl (C=O) groups excluding carboxylic acids is 1. The molecule has 1 aliphatic heterocycles. The molecule has 1 aliphatic rings. The summed E-state index contributed by atoms with van der Waals surface area (Å²) >= 11 is 1.60. The topological polar surface area (TPSA) is 64.9 Å². The molecule has 0 spiro atoms. The van der Waals surface area contributed by atoms with E-state index in [4.69, 9.17) is 9.47 Å². The van der Waals surface area contributed by atoms with E-state index in [1.54, 1.807) is 29.5 Å². The molecule has 0 aliphatic carbocycles. The fraction of sp³-hybridized carbons (Fsp3) is 0.100. The van der Waals surface area contributed by atoms with Crippen LogP contribution in [0.4, 0.5) is 5.69 Å². The van der Waals surface area contributed by atoms with E-state index in [0.717, 1.165) is 21.9 Å². The monoisotopic (exact) mass is 377 g/mol. The molecular weight excluding hydrogens is 362 g/mol. The average Bonchev–Trinajstić information content (AvgIpc) is 3.30. The molecule has 134 valence electrons. The first-order valence-corrected chi connectivity index (χ1v) is 9.38. The lowest BCUT2D eigenvalue weighted by molar-refractivity contribution is 0.102. The Morgan fingerprint density at radius 2 is 1.89 bits per heavy atom. The van der Waals surface area contributed by atoms with Crippen LogP contribution in [-0.2, 0) is 0 Å². The fourth-order valence-electron chi connectivity index (χ4n) is 2.98. The molecule has 0 fully saturated rings. The van der Waals surface area contributed by atoms with Crippen molar-refractivity contribution in [2.45, 2.75) is 0 Å². The number of benzene rings is 2. The average molecular weight is 377 g/mol. The van der Waals surface area contributed by atoms with Gasteiger partial charge in [0.2, 0.25) is 0 Å². The first-order chi connectivity index (χ1) is 13.3. The van der Waals surface area contributed by atoms with Gasteiger partial charge in [0.15, 0.2) is 16.5 Å². The third-order valence-electron chi connectivity index (χ3n) is 4.34. The number of nitrogens with zero attached hydrogens (tertiary/aromatic N) is 2. The molecule has 0 unspecified atom stereocenters. The lowest BCUT2D eigenvalue weighted by Crippen LogP contribution is -2.17. The first kappa shape index (κ1) is 15.9. The molecule has 6 nitrogen and oxygen atoms in total. The maximum absolute atomic E-state index is 12.5. The normalized spacial score (nSPS) is 12.9. The second-order valence-electron chi connectivity index (χ2n) is 6.11. The number of aromatic nitrogens is 2. The minimum atomic E-state index is -0.192. The van der Waals surface area contributed by atoms with Crippen molar-refractivity contribution in [3.63, 3.8) is 0 Å². The van der Waals surface area contributed by atoms with Gasteiger partial charge in [0.25, 0.3) is 5.91 Å². The number of anilines is 1. The maximum atomic E-state index is 12.5. The van der Waals surface area contributed by atoms with Gasteiger partial charge in [-0.2, -0.15) is 0 Å². The molecule has 1 amide bonds. The van der Waals surface area contributed by atoms with Gasteiger partial charge < -0.3 is 14.8 Å². The summed E-state index contributed by atoms with van der Waals surface area (Å²) in [7, 11) is 0. The van der Waals surface area contributed by atoms with Gasteiger partial charge in [-0.05, 0) is 30.3 Å². The molecule has 5 rings (SSSR count). The lowest BCUT2D eigenvalue weighted by atomic mass is 10.1. The number of rotatable bonds is 3. The van der Waals surface area contributed by atoms with Crippen molar-refractivity contribution in [3.05, 3.63) is 65.8 Å². The Morgan fingerprint density at radius 1 is 1.07 bits per heavy atom. The number of fused-ring (bicyclic) bond motifs is 2. The number of thiazole rings is 1. The highest BCUT2D eigenvalue weighted by Gasteiger charge is 2.15. The van der Waals surface area contributed by atoms with E-state index in [1.165, 1.54) is 0 Å². The Bertz CT molecular complexity index is 1100. The number of nitrogens with one attached hydrogen (secondary N) is 1. The Hall–Kier alpha value is -3.32. The van der Waals surface area contributed by atoms with Crippen molar-refractivity contribution >= 4 is 27.9 Å². The fourth-order valence-corrected chi connectivity index (χ4v) is 3.68. The van der Waals surface area contributed by atoms with Crippen LogP contribution < -0.4 is 14.8 Å². The summed E-state index contributed by atoms with van der Waals surface area (Å²) in [6.45, 7) is 1.02. The van der Waals surface area contributed by atoms with Crippen LogP contribution in [0.15, 0.2) is 60.2 Å². The van der Waals surface area contributed by atoms with Gasteiger partial charge in [0.1, 0.15) is 13.2 Å². The highest BCUT2D eigenvalue weighted by atomic mass is 32.1. The quantitative estimate of drug-likeness (QED) is 0.584. The van der Waals surface area contributed by atoms with Gasteiger partial charge in [-0.15, -0.1) is 11.3 Å². The lowest BCUT2D eigenvalue weighted by Gasteiger charge is -2.18. The van der Waals surface area contributed by atoms with E-state index in [2.05, 4.69) is 10.3 Å². The van der Waals surface area contributed by atoms with Crippen molar-refractivity contribution < 1.29 is 14.3 Å². The summed E-state index contributed by atoms with van der Waals surface area (Å²) in [6.07, 6.45) is 3.98. The number of amides is 1. The second kappa shape index (κ2) is 6.44. The van der Waals surface area contributed by atoms with Gasteiger partial charge >= 0.3 is 0 Å². The molecule has 1 N–H and O–H groups in total. The van der Waals surface area contributed by atoms with E-state index in [9.17, 15) is 4.79 Å². The van der Waals surface area contributed by atoms with Gasteiger partial charge in [0.05, 0.1) is 5.69 Å². The summed E-state index contributed by atoms with van der Waals surface area (Å²) in [5.41, 5.74) is 3.16. The van der Waals surface area contributed by atoms with Crippen LogP contribution in [0.2, 0.25) is 0 Å². The zero-order valence-corrected chi connectivity index (χ0v) is 15.0. The SMILES string of the molecule is O=C(Nc1ccc(-c2cn3ccsc3n2)cc1)c1ccc2c(c1)OCCO2. The van der Waals surface area contributed by atoms with Gasteiger partial charge in [-0.3, -0.25) is 9.20 Å². The molecule has 2 aromatic carbocycles. The number of imidazole rings is 1. The molecule has 0 saturated heterocycles. The Kier molecular flexibility index (Phi) is 3.79. The zero-order chi connectivity index (χ0) is 18.2. The van der Waals surface area contributed by atoms with Crippen molar-refractivity contribution in [2.75, 3.05) is 18.5 Å². The number of carbonyl (C=O) groups is 1. The zero-order valence-electron chi connectivity index (χ0n) is 14.2. The molecular formula is C20H15N3O3S. The van der Waals surface area contributed by atoms with Gasteiger partial charge in [-0.1, -0.05) is 12.1 Å². The minimum absolute atomic E-state index is 0.192. The number of hydrogen-bond acceptors (Lipinski definition) is 5. The molecule has 27 heavy (non-hydrogen) atoms. The summed E-state index contributed by atoms with van der Waals surface area (Å²) in [5.74, 6) is 1.08. The summed E-state index contributed by atoms with van der Waals surface area (Å²) in [6, 6.07) is 12.8. The van der Waals surface area contributed by atoms with Crippen LogP contribution in [0.5, 0.6) is 11.5 Å². The Labute approximate surface area is 159 Å². The van der Waals surface area contributed by atoms with Crippen molar-refractivity contribution in [2.24, 2.45) is 0 Å². The van der Waals surface area contributed by atoms with Crippen LogP contribution in [-0.4, -0.2) is 28.5 Å². The molecule has 4 aromatic rings. The molecule has 0 bridgehead atoms. The van der Waals surface area contributed by atoms with Gasteiger partial charge in [-0.25, -0.2) is 4.98 Å². The predicted molar refractivity (Wildman–Crippen MR) is 104 cm³/mol. The van der Waals surface area contributed by atoms with E-state index in [-0.39, 0.29) is 5.91 Å². The van der Waals surface area contributed by atoms with Crippen LogP contribution >= 0.6 is 11.3 Å². The molecule has 0 saturated carbocycles. The van der Waals surface area contributed by atoms with E-state index in [1.807, 2.05) is 46.4 Å². The minimum Gasteiger partial charge on any atom is -0.486 e. The van der Waals surface area contributed by atoms with Crippen LogP contribution in [0.1, 0.15) is 10.4 Å². The highest BCUT2D eigenvalue weighted by molar-refractivity contribution is 7.15. The predicted octanol–water partition coefficient (Wildman–Crippen LogP) is 4.09. The summed E-state index contributed by atoms with van der Waals surface area (Å²) < 4.78 is 13.0. The second-order valence-corrected chi connectivity index (χ2v) is 6.98. The smallest absolute Gasteiger partial charge is 0.255 e. The maximum Gasteiger partial charge on any atom is 0.255 e. The third-order valence-corrected chi connectivity index (χ3v) is 5.11. The highest BCUT2D eigenvalue weighted by Crippen LogP contribution is 2.31. The molecule has 3 heterocycles. The molecule has 0 radical (unpaired) electrons. The van der Waals surface area contributed by atoms with Crippen LogP contribution in [0, 0.1) is 0 Å². The van der Waals surface area contributed by atoms with Crippen molar-refractivity contribution in [3.8, 4) is 22.8 Å². The summed E-state index contributed by atoms with van der Waals surface area (Å²) in [5, 5.41) is 4.91. The van der Waals surface area contributed by atoms with Crippen LogP contribution in [0.25, 0.3) is 16.2 Å². The first-order valence-electron chi connectivity index (χ1n) is 8.50. The standard InChI is InChI=1S/C20H15N3O3S/c24-19(14-3-6-17-18(11-14)26-9-8-25-17)21-15-4-1-13(2-5-15)16-12-23-7-10-27-20(23)22-16/h1-7,10-12H,8-9H2,(H,21,24). The number of ether oxygens (including phenoxy) is 2. The summed E-state index contributed by atoms with van der Waals surface area (Å²) in [4.78, 5) is 18.1. The van der Waals surface area contributed by atoms with E-state index < -0.39 is 0 Å². The molecule has 7 heteroatoms. The largest absolute Gasteiger partial charge is 0.486 e. The molecule has 0 atom stereocenters. The van der Waals surface area contributed by atoms with Gasteiger partial charge in [0, 0.05) is 34.6 Å². The third kappa shape index (κ3) is 3.02. The number of hydrogen-bond donors (Lipinski definition) is 1. The van der Waals surface area contributed by atoms with E-state index in [0.29, 0.717) is 30.3 Å². The Morgan fingerprint density at radius 3 is 2.70 bits per heavy atom. The van der Waals surface area contributed by atoms with Crippen LogP contribution in [0.3, 0.4) is 0 Å². The van der Waals surface area contributed by atoms with Crippen molar-refractivity contribution in [1.29, 1.82) is 0 Å². The molecule has 2 aromatic heterocycles. The Balaban J connectivity index is 1.33.